The van der Waals surface area contributed by atoms with Crippen molar-refractivity contribution >= 4 is 82.7 Å². The molecule has 0 radical (unpaired) electrons. The van der Waals surface area contributed by atoms with Crippen molar-refractivity contribution in [1.29, 1.82) is 0 Å². The molecule has 2 saturated heterocycles. The SMILES string of the molecule is CSCC[C@H](NC(=O)C(CC(=O)NO)CC(C)C)C(=O)N[C@@H](CC(N)=O)C(=O)NCC(=O)NCC(=O)N[C@@H](CCCCNC(=O)CCCC[C@@H]1SC[C@@H]2NC(=O)N[C@@H]21)C(N)=O. The van der Waals surface area contributed by atoms with Gasteiger partial charge >= 0.3 is 6.03 Å². The van der Waals surface area contributed by atoms with Crippen molar-refractivity contribution in [2.45, 2.75) is 120 Å². The van der Waals surface area contributed by atoms with E-state index in [1.165, 1.54) is 17.2 Å². The van der Waals surface area contributed by atoms with Crippen molar-refractivity contribution in [3.63, 3.8) is 0 Å². The second kappa shape index (κ2) is 27.9. The minimum absolute atomic E-state index is 0.00761. The van der Waals surface area contributed by atoms with Gasteiger partial charge in [0.15, 0.2) is 0 Å². The third-order valence-electron chi connectivity index (χ3n) is 9.84. The summed E-state index contributed by atoms with van der Waals surface area (Å²) in [6.45, 7) is 2.79. The lowest BCUT2D eigenvalue weighted by atomic mass is 9.92. The van der Waals surface area contributed by atoms with Crippen LogP contribution in [0.15, 0.2) is 0 Å². The number of rotatable bonds is 30. The van der Waals surface area contributed by atoms with Crippen molar-refractivity contribution in [3.05, 3.63) is 0 Å². The number of hydroxylamine groups is 1. The lowest BCUT2D eigenvalue weighted by molar-refractivity contribution is -0.137. The second-order valence-electron chi connectivity index (χ2n) is 15.4. The number of nitrogens with two attached hydrogens (primary N) is 2. The van der Waals surface area contributed by atoms with Crippen LogP contribution in [0.4, 0.5) is 4.79 Å². The zero-order chi connectivity index (χ0) is 45.5. The first kappa shape index (κ1) is 52.3. The van der Waals surface area contributed by atoms with Gasteiger partial charge in [0.1, 0.15) is 18.1 Å². The third-order valence-corrected chi connectivity index (χ3v) is 12.0. The minimum atomic E-state index is -1.54. The summed E-state index contributed by atoms with van der Waals surface area (Å²) in [5.74, 6) is -6.19. The van der Waals surface area contributed by atoms with Gasteiger partial charge in [0, 0.05) is 36.3 Å². The largest absolute Gasteiger partial charge is 0.370 e. The molecule has 2 fully saturated rings. The standard InChI is InChI=1S/C37H63N11O11S2/c1-20(2)14-21(15-29(51)48-59)34(55)44-23(11-13-60-3)36(57)45-24(16-27(38)49)35(56)42-17-30(52)41-18-31(53)43-22(33(39)54)8-6-7-12-40-28(50)10-5-4-9-26-32-25(19-61-26)46-37(58)47-32/h20-26,32,59H,4-19H2,1-3H3,(H2,38,49)(H2,39,54)(H,40,50)(H,41,52)(H,42,56)(H,43,53)(H,44,55)(H,45,57)(H,48,51)(H2,46,47,58)/t21?,22-,23-,24-,25-,26-,32-/m0/s1. The fourth-order valence-corrected chi connectivity index (χ4v) is 8.74. The fraction of sp³-hybridized carbons (Fsp3) is 0.730. The summed E-state index contributed by atoms with van der Waals surface area (Å²) in [5.41, 5.74) is 12.3. The predicted molar refractivity (Wildman–Crippen MR) is 226 cm³/mol. The van der Waals surface area contributed by atoms with Gasteiger partial charge in [-0.3, -0.25) is 48.4 Å². The molecule has 22 nitrogen and oxygen atoms in total. The van der Waals surface area contributed by atoms with E-state index in [-0.39, 0.29) is 55.6 Å². The van der Waals surface area contributed by atoms with Gasteiger partial charge in [-0.25, -0.2) is 10.3 Å². The summed E-state index contributed by atoms with van der Waals surface area (Å²) >= 11 is 3.21. The van der Waals surface area contributed by atoms with Crippen molar-refractivity contribution in [2.24, 2.45) is 23.3 Å². The van der Waals surface area contributed by atoms with Crippen LogP contribution in [0.2, 0.25) is 0 Å². The number of primary amides is 2. The van der Waals surface area contributed by atoms with Crippen LogP contribution in [0.25, 0.3) is 0 Å². The number of carbonyl (C=O) groups excluding carboxylic acids is 10. The molecule has 61 heavy (non-hydrogen) atoms. The Labute approximate surface area is 363 Å². The summed E-state index contributed by atoms with van der Waals surface area (Å²) < 4.78 is 0. The number of nitrogens with one attached hydrogen (secondary N) is 9. The lowest BCUT2D eigenvalue weighted by Gasteiger charge is -2.25. The Morgan fingerprint density at radius 1 is 0.770 bits per heavy atom. The molecule has 344 valence electrons. The molecule has 2 rings (SSSR count). The molecule has 2 aliphatic rings. The molecule has 0 aromatic carbocycles. The first-order chi connectivity index (χ1) is 28.9. The fourth-order valence-electron chi connectivity index (χ4n) is 6.73. The summed E-state index contributed by atoms with van der Waals surface area (Å²) in [5, 5.41) is 30.0. The third kappa shape index (κ3) is 20.5. The molecule has 7 atom stereocenters. The molecule has 0 aromatic heterocycles. The number of carbonyl (C=O) groups is 10. The van der Waals surface area contributed by atoms with Gasteiger partial charge in [-0.1, -0.05) is 20.3 Å². The van der Waals surface area contributed by atoms with Gasteiger partial charge in [0.05, 0.1) is 31.6 Å². The van der Waals surface area contributed by atoms with Crippen molar-refractivity contribution < 1.29 is 53.2 Å². The number of amides is 11. The molecule has 11 amide bonds. The Kier molecular flexibility index (Phi) is 23.9. The topological polar surface area (TPSA) is 351 Å². The van der Waals surface area contributed by atoms with E-state index in [9.17, 15) is 47.9 Å². The number of hydrogen-bond acceptors (Lipinski definition) is 13. The molecule has 14 N–H and O–H groups in total. The Morgan fingerprint density at radius 2 is 1.48 bits per heavy atom. The number of fused-ring (bicyclic) bond motifs is 1. The van der Waals surface area contributed by atoms with E-state index < -0.39 is 90.8 Å². The Balaban J connectivity index is 1.75. The summed E-state index contributed by atoms with van der Waals surface area (Å²) in [6.07, 6.45) is 5.17. The monoisotopic (exact) mass is 901 g/mol. The summed E-state index contributed by atoms with van der Waals surface area (Å²) in [4.78, 5) is 124. The minimum Gasteiger partial charge on any atom is -0.370 e. The van der Waals surface area contributed by atoms with Crippen LogP contribution < -0.4 is 59.5 Å². The van der Waals surface area contributed by atoms with Crippen molar-refractivity contribution in [3.8, 4) is 0 Å². The number of hydrogen-bond donors (Lipinski definition) is 12. The molecule has 24 heteroatoms. The molecule has 2 aliphatic heterocycles. The highest BCUT2D eigenvalue weighted by molar-refractivity contribution is 8.00. The van der Waals surface area contributed by atoms with Crippen LogP contribution in [0.3, 0.4) is 0 Å². The van der Waals surface area contributed by atoms with E-state index in [0.717, 1.165) is 18.6 Å². The van der Waals surface area contributed by atoms with Crippen LogP contribution in [0, 0.1) is 11.8 Å². The van der Waals surface area contributed by atoms with Crippen molar-refractivity contribution in [2.75, 3.05) is 37.4 Å². The number of urea groups is 1. The smallest absolute Gasteiger partial charge is 0.315 e. The molecule has 0 saturated carbocycles. The Bertz CT molecular complexity index is 1560. The highest BCUT2D eigenvalue weighted by Crippen LogP contribution is 2.33. The molecule has 0 spiro atoms. The van der Waals surface area contributed by atoms with E-state index in [2.05, 4.69) is 42.5 Å². The average molecular weight is 902 g/mol. The zero-order valence-electron chi connectivity index (χ0n) is 34.9. The molecule has 0 aromatic rings. The van der Waals surface area contributed by atoms with Crippen LogP contribution in [0.1, 0.15) is 84.5 Å². The maximum Gasteiger partial charge on any atom is 0.315 e. The lowest BCUT2D eigenvalue weighted by Crippen LogP contribution is -2.56. The van der Waals surface area contributed by atoms with E-state index in [0.29, 0.717) is 43.2 Å². The van der Waals surface area contributed by atoms with E-state index in [1.54, 1.807) is 6.26 Å². The highest BCUT2D eigenvalue weighted by Gasteiger charge is 2.42. The second-order valence-corrected chi connectivity index (χ2v) is 17.6. The van der Waals surface area contributed by atoms with Gasteiger partial charge < -0.3 is 54.0 Å². The molecular formula is C37H63N11O11S2. The van der Waals surface area contributed by atoms with Crippen LogP contribution >= 0.6 is 23.5 Å². The quantitative estimate of drug-likeness (QED) is 0.0152. The zero-order valence-corrected chi connectivity index (χ0v) is 36.6. The molecule has 0 aliphatic carbocycles. The molecule has 1 unspecified atom stereocenters. The van der Waals surface area contributed by atoms with Crippen LogP contribution in [-0.4, -0.2) is 137 Å². The first-order valence-corrected chi connectivity index (χ1v) is 22.8. The number of thioether (sulfide) groups is 2. The van der Waals surface area contributed by atoms with Crippen LogP contribution in [-0.2, 0) is 43.2 Å². The van der Waals surface area contributed by atoms with Gasteiger partial charge in [-0.05, 0) is 62.9 Å². The summed E-state index contributed by atoms with van der Waals surface area (Å²) in [7, 11) is 0. The summed E-state index contributed by atoms with van der Waals surface area (Å²) in [6, 6.07) is -3.60. The van der Waals surface area contributed by atoms with Gasteiger partial charge in [0.2, 0.25) is 53.2 Å². The van der Waals surface area contributed by atoms with Gasteiger partial charge in [-0.15, -0.1) is 0 Å². The maximum absolute atomic E-state index is 13.3. The van der Waals surface area contributed by atoms with E-state index in [1.807, 2.05) is 25.6 Å². The average Bonchev–Trinajstić information content (AvgIpc) is 3.76. The maximum atomic E-state index is 13.3. The first-order valence-electron chi connectivity index (χ1n) is 20.3. The van der Waals surface area contributed by atoms with Gasteiger partial charge in [-0.2, -0.15) is 23.5 Å². The Morgan fingerprint density at radius 3 is 2.13 bits per heavy atom. The highest BCUT2D eigenvalue weighted by atomic mass is 32.2. The number of unbranched alkanes of at least 4 members (excludes halogenated alkanes) is 2. The predicted octanol–water partition coefficient (Wildman–Crippen LogP) is -2.64. The Hall–Kier alpha value is -4.84. The van der Waals surface area contributed by atoms with Crippen molar-refractivity contribution in [1.82, 2.24) is 48.0 Å². The van der Waals surface area contributed by atoms with Gasteiger partial charge in [0.25, 0.3) is 0 Å². The van der Waals surface area contributed by atoms with Crippen LogP contribution in [0.5, 0.6) is 0 Å². The van der Waals surface area contributed by atoms with E-state index >= 15 is 0 Å². The van der Waals surface area contributed by atoms with E-state index in [4.69, 9.17) is 16.7 Å². The molecule has 0 bridgehead atoms. The molecular weight excluding hydrogens is 839 g/mol. The normalized spacial score (nSPS) is 18.5. The molecule has 2 heterocycles.